The fraction of sp³-hybridized carbons (Fsp3) is 1.00. The molecule has 106 valence electrons. The van der Waals surface area contributed by atoms with Gasteiger partial charge in [-0.1, -0.05) is 26.7 Å². The molecule has 1 N–H and O–H groups in total. The van der Waals surface area contributed by atoms with E-state index in [0.717, 1.165) is 24.8 Å². The van der Waals surface area contributed by atoms with Crippen molar-refractivity contribution in [2.75, 3.05) is 26.2 Å². The molecule has 1 spiro atoms. The summed E-state index contributed by atoms with van der Waals surface area (Å²) in [5.41, 5.74) is 0.872. The van der Waals surface area contributed by atoms with Crippen molar-refractivity contribution in [3.05, 3.63) is 0 Å². The number of aliphatic hydroxyl groups is 1. The van der Waals surface area contributed by atoms with Gasteiger partial charge in [0, 0.05) is 18.6 Å². The van der Waals surface area contributed by atoms with Crippen molar-refractivity contribution >= 4 is 0 Å². The van der Waals surface area contributed by atoms with E-state index in [1.807, 2.05) is 0 Å². The maximum atomic E-state index is 9.69. The van der Waals surface area contributed by atoms with Gasteiger partial charge in [-0.2, -0.15) is 0 Å². The van der Waals surface area contributed by atoms with Crippen molar-refractivity contribution in [1.29, 1.82) is 0 Å². The molecule has 1 saturated heterocycles. The summed E-state index contributed by atoms with van der Waals surface area (Å²) < 4.78 is 0. The zero-order valence-corrected chi connectivity index (χ0v) is 12.4. The molecule has 0 atom stereocenters. The Morgan fingerprint density at radius 3 is 2.00 bits per heavy atom. The summed E-state index contributed by atoms with van der Waals surface area (Å²) in [5.74, 6) is 0. The molecule has 18 heavy (non-hydrogen) atoms. The standard InChI is InChI=1S/C16H31NO/c1-3-15(4-2,14-18)13-17-11-9-16(10-12-17)7-5-6-8-16/h18H,3-14H2,1-2H3. The van der Waals surface area contributed by atoms with Crippen LogP contribution >= 0.6 is 0 Å². The average Bonchev–Trinajstić information content (AvgIpc) is 2.87. The van der Waals surface area contributed by atoms with Gasteiger partial charge in [-0.05, 0) is 57.0 Å². The minimum atomic E-state index is 0.153. The molecule has 1 aliphatic heterocycles. The Morgan fingerprint density at radius 2 is 1.56 bits per heavy atom. The minimum absolute atomic E-state index is 0.153. The first kappa shape index (κ1) is 14.3. The summed E-state index contributed by atoms with van der Waals surface area (Å²) in [5, 5.41) is 9.69. The van der Waals surface area contributed by atoms with Crippen LogP contribution in [0.5, 0.6) is 0 Å². The number of aliphatic hydroxyl groups excluding tert-OH is 1. The van der Waals surface area contributed by atoms with Crippen molar-refractivity contribution in [1.82, 2.24) is 4.90 Å². The molecule has 0 aromatic rings. The third-order valence-corrected chi connectivity index (χ3v) is 5.98. The quantitative estimate of drug-likeness (QED) is 0.811. The van der Waals surface area contributed by atoms with Gasteiger partial charge in [-0.15, -0.1) is 0 Å². The fourth-order valence-electron chi connectivity index (χ4n) is 4.03. The highest BCUT2D eigenvalue weighted by Gasteiger charge is 2.38. The average molecular weight is 253 g/mol. The van der Waals surface area contributed by atoms with E-state index in [4.69, 9.17) is 0 Å². The largest absolute Gasteiger partial charge is 0.396 e. The molecule has 1 saturated carbocycles. The van der Waals surface area contributed by atoms with Crippen molar-refractivity contribution in [3.63, 3.8) is 0 Å². The molecule has 0 aromatic carbocycles. The highest BCUT2D eigenvalue weighted by atomic mass is 16.3. The Hall–Kier alpha value is -0.0800. The normalized spacial score (nSPS) is 24.8. The summed E-state index contributed by atoms with van der Waals surface area (Å²) in [4.78, 5) is 2.62. The topological polar surface area (TPSA) is 23.5 Å². The molecule has 0 amide bonds. The first-order valence-electron chi connectivity index (χ1n) is 8.01. The zero-order chi connectivity index (χ0) is 13.1. The second-order valence-electron chi connectivity index (χ2n) is 6.85. The minimum Gasteiger partial charge on any atom is -0.396 e. The second kappa shape index (κ2) is 5.92. The molecule has 2 heteroatoms. The highest BCUT2D eigenvalue weighted by Crippen LogP contribution is 2.46. The summed E-state index contributed by atoms with van der Waals surface area (Å²) in [6, 6.07) is 0. The molecule has 2 fully saturated rings. The van der Waals surface area contributed by atoms with Crippen molar-refractivity contribution in [2.45, 2.75) is 65.2 Å². The number of likely N-dealkylation sites (tertiary alicyclic amines) is 1. The van der Waals surface area contributed by atoms with E-state index < -0.39 is 0 Å². The van der Waals surface area contributed by atoms with Gasteiger partial charge in [-0.25, -0.2) is 0 Å². The number of piperidine rings is 1. The maximum Gasteiger partial charge on any atom is 0.0499 e. The molecule has 1 aliphatic carbocycles. The monoisotopic (exact) mass is 253 g/mol. The van der Waals surface area contributed by atoms with E-state index in [1.165, 1.54) is 51.6 Å². The van der Waals surface area contributed by atoms with Gasteiger partial charge in [0.15, 0.2) is 0 Å². The van der Waals surface area contributed by atoms with Gasteiger partial charge in [0.05, 0.1) is 0 Å². The van der Waals surface area contributed by atoms with Crippen LogP contribution in [0, 0.1) is 10.8 Å². The Balaban J connectivity index is 1.85. The van der Waals surface area contributed by atoms with E-state index in [2.05, 4.69) is 18.7 Å². The van der Waals surface area contributed by atoms with Crippen LogP contribution in [-0.2, 0) is 0 Å². The maximum absolute atomic E-state index is 9.69. The van der Waals surface area contributed by atoms with Gasteiger partial charge in [0.1, 0.15) is 0 Å². The summed E-state index contributed by atoms with van der Waals surface area (Å²) >= 11 is 0. The van der Waals surface area contributed by atoms with Crippen LogP contribution < -0.4 is 0 Å². The molecular weight excluding hydrogens is 222 g/mol. The van der Waals surface area contributed by atoms with Crippen LogP contribution in [0.4, 0.5) is 0 Å². The van der Waals surface area contributed by atoms with Crippen LogP contribution in [-0.4, -0.2) is 36.2 Å². The lowest BCUT2D eigenvalue weighted by molar-refractivity contribution is 0.0318. The van der Waals surface area contributed by atoms with E-state index in [9.17, 15) is 5.11 Å². The smallest absolute Gasteiger partial charge is 0.0499 e. The third-order valence-electron chi connectivity index (χ3n) is 5.98. The van der Waals surface area contributed by atoms with Crippen LogP contribution in [0.25, 0.3) is 0 Å². The molecule has 2 aliphatic rings. The zero-order valence-electron chi connectivity index (χ0n) is 12.4. The number of hydrogen-bond acceptors (Lipinski definition) is 2. The lowest BCUT2D eigenvalue weighted by atomic mass is 9.76. The highest BCUT2D eigenvalue weighted by molar-refractivity contribution is 4.91. The van der Waals surface area contributed by atoms with E-state index in [-0.39, 0.29) is 5.41 Å². The molecule has 0 aromatic heterocycles. The van der Waals surface area contributed by atoms with E-state index in [0.29, 0.717) is 6.61 Å². The Kier molecular flexibility index (Phi) is 4.71. The fourth-order valence-corrected chi connectivity index (χ4v) is 4.03. The van der Waals surface area contributed by atoms with Gasteiger partial charge in [-0.3, -0.25) is 0 Å². The van der Waals surface area contributed by atoms with E-state index in [1.54, 1.807) is 0 Å². The molecule has 0 radical (unpaired) electrons. The van der Waals surface area contributed by atoms with Crippen molar-refractivity contribution in [3.8, 4) is 0 Å². The molecule has 1 heterocycles. The van der Waals surface area contributed by atoms with E-state index >= 15 is 0 Å². The molecule has 2 rings (SSSR count). The van der Waals surface area contributed by atoms with Crippen LogP contribution in [0.3, 0.4) is 0 Å². The van der Waals surface area contributed by atoms with Crippen LogP contribution in [0.15, 0.2) is 0 Å². The Labute approximate surface area is 113 Å². The summed E-state index contributed by atoms with van der Waals surface area (Å²) in [7, 11) is 0. The first-order chi connectivity index (χ1) is 8.67. The SMILES string of the molecule is CCC(CC)(CO)CN1CCC2(CCCC2)CC1. The number of rotatable bonds is 5. The molecule has 0 unspecified atom stereocenters. The number of hydrogen-bond donors (Lipinski definition) is 1. The van der Waals surface area contributed by atoms with Gasteiger partial charge >= 0.3 is 0 Å². The predicted octanol–water partition coefficient (Wildman–Crippen LogP) is 3.44. The lowest BCUT2D eigenvalue weighted by Crippen LogP contribution is -2.45. The molecule has 2 nitrogen and oxygen atoms in total. The van der Waals surface area contributed by atoms with Gasteiger partial charge < -0.3 is 10.0 Å². The van der Waals surface area contributed by atoms with Crippen LogP contribution in [0.2, 0.25) is 0 Å². The Bertz CT molecular complexity index is 236. The van der Waals surface area contributed by atoms with Crippen molar-refractivity contribution in [2.24, 2.45) is 10.8 Å². The summed E-state index contributed by atoms with van der Waals surface area (Å²) in [6.45, 7) is 8.43. The second-order valence-corrected chi connectivity index (χ2v) is 6.85. The Morgan fingerprint density at radius 1 is 1.00 bits per heavy atom. The van der Waals surface area contributed by atoms with Crippen molar-refractivity contribution < 1.29 is 5.11 Å². The third kappa shape index (κ3) is 2.91. The summed E-state index contributed by atoms with van der Waals surface area (Å²) in [6.07, 6.45) is 10.9. The van der Waals surface area contributed by atoms with Gasteiger partial charge in [0.25, 0.3) is 0 Å². The molecule has 0 bridgehead atoms. The molecular formula is C16H31NO. The van der Waals surface area contributed by atoms with Crippen LogP contribution in [0.1, 0.15) is 65.2 Å². The predicted molar refractivity (Wildman–Crippen MR) is 76.7 cm³/mol. The first-order valence-corrected chi connectivity index (χ1v) is 8.01. The lowest BCUT2D eigenvalue weighted by Gasteiger charge is -2.43. The van der Waals surface area contributed by atoms with Gasteiger partial charge in [0.2, 0.25) is 0 Å². The number of nitrogens with zero attached hydrogens (tertiary/aromatic N) is 1.